The van der Waals surface area contributed by atoms with Crippen molar-refractivity contribution < 1.29 is 19.7 Å². The number of carbonyl (C=O) groups excluding carboxylic acids is 1. The molecule has 7 heteroatoms. The largest absolute Gasteiger partial charge is 0.494 e. The van der Waals surface area contributed by atoms with Crippen LogP contribution in [0.3, 0.4) is 0 Å². The zero-order chi connectivity index (χ0) is 19.9. The van der Waals surface area contributed by atoms with Gasteiger partial charge in [-0.05, 0) is 56.4 Å². The van der Waals surface area contributed by atoms with Crippen LogP contribution in [0.1, 0.15) is 38.5 Å². The van der Waals surface area contributed by atoms with E-state index < -0.39 is 0 Å². The first kappa shape index (κ1) is 20.4. The van der Waals surface area contributed by atoms with Crippen LogP contribution in [0.25, 0.3) is 10.9 Å². The number of fused-ring (bicyclic) bond motifs is 1. The zero-order valence-corrected chi connectivity index (χ0v) is 16.0. The van der Waals surface area contributed by atoms with Gasteiger partial charge in [-0.3, -0.25) is 9.59 Å². The molecule has 3 N–H and O–H groups in total. The molecule has 1 aliphatic rings. The Hall–Kier alpha value is -2.38. The molecule has 28 heavy (non-hydrogen) atoms. The molecule has 0 spiro atoms. The maximum atomic E-state index is 12.6. The van der Waals surface area contributed by atoms with E-state index in [1.165, 1.54) is 6.07 Å². The lowest BCUT2D eigenvalue weighted by atomic mass is 9.91. The number of nitrogens with zero attached hydrogens (tertiary/aromatic N) is 1. The maximum absolute atomic E-state index is 12.6. The number of aromatic nitrogens is 1. The highest BCUT2D eigenvalue weighted by molar-refractivity contribution is 5.79. The van der Waals surface area contributed by atoms with Gasteiger partial charge in [0.25, 0.3) is 0 Å². The lowest BCUT2D eigenvalue weighted by Gasteiger charge is -2.36. The number of H-pyrrole nitrogens is 1. The quantitative estimate of drug-likeness (QED) is 0.599. The van der Waals surface area contributed by atoms with Crippen molar-refractivity contribution in [2.75, 3.05) is 19.8 Å². The fourth-order valence-corrected chi connectivity index (χ4v) is 3.82. The van der Waals surface area contributed by atoms with Gasteiger partial charge in [-0.25, -0.2) is 0 Å². The van der Waals surface area contributed by atoms with Crippen molar-refractivity contribution in [3.63, 3.8) is 0 Å². The topological polar surface area (TPSA) is 103 Å². The first-order valence-corrected chi connectivity index (χ1v) is 9.91. The minimum Gasteiger partial charge on any atom is -0.494 e. The Balaban J connectivity index is 1.49. The Labute approximate surface area is 163 Å². The summed E-state index contributed by atoms with van der Waals surface area (Å²) >= 11 is 0. The Morgan fingerprint density at radius 1 is 1.25 bits per heavy atom. The molecule has 0 bridgehead atoms. The molecule has 1 saturated carbocycles. The lowest BCUT2D eigenvalue weighted by molar-refractivity contribution is -0.135. The first-order chi connectivity index (χ1) is 13.6. The molecule has 1 aromatic heterocycles. The van der Waals surface area contributed by atoms with Gasteiger partial charge < -0.3 is 24.8 Å². The summed E-state index contributed by atoms with van der Waals surface area (Å²) in [4.78, 5) is 28.4. The predicted molar refractivity (Wildman–Crippen MR) is 106 cm³/mol. The highest BCUT2D eigenvalue weighted by Crippen LogP contribution is 2.24. The smallest absolute Gasteiger partial charge is 0.248 e. The Morgan fingerprint density at radius 3 is 2.89 bits per heavy atom. The normalized spacial score (nSPS) is 19.5. The molecule has 2 aromatic rings. The number of aromatic amines is 1. The summed E-state index contributed by atoms with van der Waals surface area (Å²) < 4.78 is 5.74. The molecule has 0 aliphatic heterocycles. The number of nitrogens with one attached hydrogen (secondary N) is 1. The number of amides is 1. The number of hydrogen-bond acceptors (Lipinski definition) is 5. The van der Waals surface area contributed by atoms with Gasteiger partial charge in [-0.2, -0.15) is 0 Å². The van der Waals surface area contributed by atoms with Gasteiger partial charge in [0.1, 0.15) is 5.75 Å². The summed E-state index contributed by atoms with van der Waals surface area (Å²) in [5, 5.41) is 20.1. The predicted octanol–water partition coefficient (Wildman–Crippen LogP) is 1.81. The molecule has 2 unspecified atom stereocenters. The average Bonchev–Trinajstić information content (AvgIpc) is 2.69. The fourth-order valence-electron chi connectivity index (χ4n) is 3.82. The van der Waals surface area contributed by atoms with Gasteiger partial charge in [-0.1, -0.05) is 0 Å². The van der Waals surface area contributed by atoms with Crippen molar-refractivity contribution >= 4 is 16.8 Å². The second-order valence-corrected chi connectivity index (χ2v) is 7.31. The van der Waals surface area contributed by atoms with Gasteiger partial charge in [-0.15, -0.1) is 0 Å². The van der Waals surface area contributed by atoms with Crippen LogP contribution < -0.4 is 10.3 Å². The fraction of sp³-hybridized carbons (Fsp3) is 0.524. The Kier molecular flexibility index (Phi) is 7.06. The second-order valence-electron chi connectivity index (χ2n) is 7.31. The summed E-state index contributed by atoms with van der Waals surface area (Å²) in [6.07, 6.45) is 3.69. The van der Waals surface area contributed by atoms with E-state index in [4.69, 9.17) is 4.74 Å². The molecule has 0 radical (unpaired) electrons. The maximum Gasteiger partial charge on any atom is 0.248 e. The van der Waals surface area contributed by atoms with Crippen LogP contribution in [-0.4, -0.2) is 57.9 Å². The number of aliphatic hydroxyl groups is 2. The van der Waals surface area contributed by atoms with Crippen molar-refractivity contribution in [1.29, 1.82) is 0 Å². The molecule has 3 rings (SSSR count). The summed E-state index contributed by atoms with van der Waals surface area (Å²) in [6, 6.07) is 8.68. The number of ether oxygens (including phenoxy) is 1. The van der Waals surface area contributed by atoms with E-state index in [0.717, 1.165) is 30.2 Å². The minimum absolute atomic E-state index is 0.00645. The third-order valence-electron chi connectivity index (χ3n) is 5.22. The molecule has 0 saturated heterocycles. The van der Waals surface area contributed by atoms with Crippen LogP contribution >= 0.6 is 0 Å². The second kappa shape index (κ2) is 9.71. The molecule has 1 amide bonds. The third-order valence-corrected chi connectivity index (χ3v) is 5.22. The summed E-state index contributed by atoms with van der Waals surface area (Å²) in [5.74, 6) is 0.683. The number of hydrogen-bond donors (Lipinski definition) is 3. The molecule has 1 aliphatic carbocycles. The standard InChI is InChI=1S/C21H28N2O5/c24-11-10-23(16-3-1-4-17(25)14-16)21(27)5-2-12-28-18-7-8-19-15(13-18)6-9-20(26)22-19/h6-9,13,16-17,24-25H,1-5,10-12,14H2,(H,22,26). The zero-order valence-electron chi connectivity index (χ0n) is 16.0. The summed E-state index contributed by atoms with van der Waals surface area (Å²) in [6.45, 7) is 0.634. The van der Waals surface area contributed by atoms with E-state index in [2.05, 4.69) is 4.98 Å². The van der Waals surface area contributed by atoms with Crippen LogP contribution in [0, 0.1) is 0 Å². The summed E-state index contributed by atoms with van der Waals surface area (Å²) in [5.41, 5.74) is 0.613. The molecule has 1 heterocycles. The van der Waals surface area contributed by atoms with E-state index in [-0.39, 0.29) is 30.2 Å². The molecular formula is C21H28N2O5. The highest BCUT2D eigenvalue weighted by Gasteiger charge is 2.28. The first-order valence-electron chi connectivity index (χ1n) is 9.91. The molecule has 152 valence electrons. The van der Waals surface area contributed by atoms with Gasteiger partial charge in [0.05, 0.1) is 19.3 Å². The van der Waals surface area contributed by atoms with Crippen LogP contribution in [0.5, 0.6) is 5.75 Å². The van der Waals surface area contributed by atoms with Crippen LogP contribution in [0.4, 0.5) is 0 Å². The van der Waals surface area contributed by atoms with Crippen LogP contribution in [-0.2, 0) is 4.79 Å². The Bertz CT molecular complexity index is 850. The van der Waals surface area contributed by atoms with Crippen molar-refractivity contribution in [3.8, 4) is 5.75 Å². The highest BCUT2D eigenvalue weighted by atomic mass is 16.5. The minimum atomic E-state index is -0.362. The van der Waals surface area contributed by atoms with Gasteiger partial charge in [0.15, 0.2) is 0 Å². The number of pyridine rings is 1. The van der Waals surface area contributed by atoms with Crippen LogP contribution in [0.2, 0.25) is 0 Å². The molecule has 2 atom stereocenters. The van der Waals surface area contributed by atoms with E-state index in [1.807, 2.05) is 6.07 Å². The molecule has 1 fully saturated rings. The van der Waals surface area contributed by atoms with Crippen molar-refractivity contribution in [1.82, 2.24) is 9.88 Å². The average molecular weight is 388 g/mol. The van der Waals surface area contributed by atoms with Gasteiger partial charge in [0, 0.05) is 36.0 Å². The molecule has 7 nitrogen and oxygen atoms in total. The molecule has 1 aromatic carbocycles. The number of rotatable bonds is 8. The van der Waals surface area contributed by atoms with E-state index >= 15 is 0 Å². The lowest BCUT2D eigenvalue weighted by Crippen LogP contribution is -2.45. The monoisotopic (exact) mass is 388 g/mol. The van der Waals surface area contributed by atoms with Crippen LogP contribution in [0.15, 0.2) is 35.1 Å². The number of carbonyl (C=O) groups is 1. The SMILES string of the molecule is O=C(CCCOc1ccc2[nH]c(=O)ccc2c1)N(CCO)C1CCCC(O)C1. The van der Waals surface area contributed by atoms with Crippen molar-refractivity contribution in [2.24, 2.45) is 0 Å². The van der Waals surface area contributed by atoms with Gasteiger partial charge in [0.2, 0.25) is 11.5 Å². The van der Waals surface area contributed by atoms with E-state index in [1.54, 1.807) is 23.1 Å². The van der Waals surface area contributed by atoms with E-state index in [9.17, 15) is 19.8 Å². The number of benzene rings is 1. The van der Waals surface area contributed by atoms with Crippen molar-refractivity contribution in [2.45, 2.75) is 50.7 Å². The Morgan fingerprint density at radius 2 is 2.11 bits per heavy atom. The van der Waals surface area contributed by atoms with E-state index in [0.29, 0.717) is 38.2 Å². The summed E-state index contributed by atoms with van der Waals surface area (Å²) in [7, 11) is 0. The van der Waals surface area contributed by atoms with Gasteiger partial charge >= 0.3 is 0 Å². The van der Waals surface area contributed by atoms with Crippen molar-refractivity contribution in [3.05, 3.63) is 40.7 Å². The third kappa shape index (κ3) is 5.33. The number of aliphatic hydroxyl groups excluding tert-OH is 2. The molecular weight excluding hydrogens is 360 g/mol.